The van der Waals surface area contributed by atoms with Gasteiger partial charge in [-0.2, -0.15) is 0 Å². The summed E-state index contributed by atoms with van der Waals surface area (Å²) >= 11 is 5.05. The fourth-order valence-electron chi connectivity index (χ4n) is 1.64. The van der Waals surface area contributed by atoms with E-state index in [1.165, 1.54) is 36.4 Å². The molecule has 0 fully saturated rings. The van der Waals surface area contributed by atoms with Crippen molar-refractivity contribution in [2.75, 3.05) is 0 Å². The lowest BCUT2D eigenvalue weighted by atomic mass is 10.2. The highest BCUT2D eigenvalue weighted by atomic mass is 35.5. The van der Waals surface area contributed by atoms with Crippen molar-refractivity contribution in [2.45, 2.75) is 6.61 Å². The number of nitro groups is 1. The Hall–Kier alpha value is -3.13. The Morgan fingerprint density at radius 3 is 1.92 bits per heavy atom. The molecule has 0 spiro atoms. The number of hydrogen-bond acceptors (Lipinski definition) is 7. The smallest absolute Gasteiger partial charge is 0.449 e. The Morgan fingerprint density at radius 2 is 1.46 bits per heavy atom. The standard InChI is InChI=1S/C15H10ClNO7/c16-14(18)22-9-10-1-5-12(6-2-10)23-15(19)24-13-7-3-11(4-8-13)17(20)21/h1-8H,9H2. The Balaban J connectivity index is 1.89. The van der Waals surface area contributed by atoms with Gasteiger partial charge in [-0.25, -0.2) is 9.59 Å². The number of halogens is 1. The molecule has 124 valence electrons. The lowest BCUT2D eigenvalue weighted by Gasteiger charge is -2.06. The summed E-state index contributed by atoms with van der Waals surface area (Å²) in [5.74, 6) is 0.319. The van der Waals surface area contributed by atoms with Gasteiger partial charge in [-0.3, -0.25) is 10.1 Å². The van der Waals surface area contributed by atoms with Crippen LogP contribution in [-0.2, 0) is 11.3 Å². The van der Waals surface area contributed by atoms with Gasteiger partial charge in [-0.15, -0.1) is 0 Å². The molecule has 0 radical (unpaired) electrons. The number of nitrogens with zero attached hydrogens (tertiary/aromatic N) is 1. The first kappa shape index (κ1) is 17.2. The summed E-state index contributed by atoms with van der Waals surface area (Å²) in [6.45, 7) is -0.00411. The lowest BCUT2D eigenvalue weighted by Crippen LogP contribution is -2.13. The zero-order chi connectivity index (χ0) is 17.5. The van der Waals surface area contributed by atoms with Crippen molar-refractivity contribution in [3.63, 3.8) is 0 Å². The zero-order valence-corrected chi connectivity index (χ0v) is 12.8. The van der Waals surface area contributed by atoms with E-state index in [1.54, 1.807) is 12.1 Å². The molecule has 0 unspecified atom stereocenters. The summed E-state index contributed by atoms with van der Waals surface area (Å²) in [6, 6.07) is 11.1. The molecule has 0 aliphatic carbocycles. The average Bonchev–Trinajstić information content (AvgIpc) is 2.54. The van der Waals surface area contributed by atoms with Crippen molar-refractivity contribution in [3.05, 3.63) is 64.2 Å². The predicted octanol–water partition coefficient (Wildman–Crippen LogP) is 4.05. The summed E-state index contributed by atoms with van der Waals surface area (Å²) in [5, 5.41) is 10.5. The van der Waals surface area contributed by atoms with E-state index in [4.69, 9.17) is 21.1 Å². The lowest BCUT2D eigenvalue weighted by molar-refractivity contribution is -0.384. The first-order valence-corrected chi connectivity index (χ1v) is 6.87. The minimum atomic E-state index is -0.996. The number of ether oxygens (including phenoxy) is 3. The van der Waals surface area contributed by atoms with Crippen LogP contribution in [0.4, 0.5) is 15.3 Å². The first-order valence-electron chi connectivity index (χ1n) is 6.49. The van der Waals surface area contributed by atoms with Crippen LogP contribution in [0.5, 0.6) is 11.5 Å². The fourth-order valence-corrected chi connectivity index (χ4v) is 1.70. The second-order valence-corrected chi connectivity index (χ2v) is 4.68. The van der Waals surface area contributed by atoms with Crippen LogP contribution >= 0.6 is 11.6 Å². The molecule has 2 rings (SSSR count). The summed E-state index contributed by atoms with van der Waals surface area (Å²) in [7, 11) is 0. The first-order chi connectivity index (χ1) is 11.4. The Bertz CT molecular complexity index is 743. The number of benzene rings is 2. The van der Waals surface area contributed by atoms with E-state index in [-0.39, 0.29) is 23.8 Å². The number of carbonyl (C=O) groups excluding carboxylic acids is 2. The maximum Gasteiger partial charge on any atom is 0.519 e. The van der Waals surface area contributed by atoms with E-state index in [1.807, 2.05) is 0 Å². The SMILES string of the molecule is O=C(Cl)OCc1ccc(OC(=O)Oc2ccc([N+](=O)[O-])cc2)cc1. The largest absolute Gasteiger partial charge is 0.519 e. The highest BCUT2D eigenvalue weighted by molar-refractivity contribution is 6.61. The van der Waals surface area contributed by atoms with E-state index >= 15 is 0 Å². The van der Waals surface area contributed by atoms with Crippen molar-refractivity contribution < 1.29 is 28.7 Å². The molecule has 0 aromatic heterocycles. The summed E-state index contributed by atoms with van der Waals surface area (Å²) in [5.41, 5.74) is -0.383. The van der Waals surface area contributed by atoms with Gasteiger partial charge >= 0.3 is 11.6 Å². The Kier molecular flexibility index (Phi) is 5.69. The average molecular weight is 352 g/mol. The van der Waals surface area contributed by atoms with E-state index in [2.05, 4.69) is 4.74 Å². The normalized spacial score (nSPS) is 9.88. The molecule has 24 heavy (non-hydrogen) atoms. The Morgan fingerprint density at radius 1 is 0.958 bits per heavy atom. The molecule has 2 aromatic rings. The molecule has 0 heterocycles. The summed E-state index contributed by atoms with van der Waals surface area (Å²) in [6.07, 6.45) is -0.996. The van der Waals surface area contributed by atoms with Gasteiger partial charge in [-0.1, -0.05) is 12.1 Å². The minimum Gasteiger partial charge on any atom is -0.449 e. The van der Waals surface area contributed by atoms with Crippen LogP contribution in [0, 0.1) is 10.1 Å². The maximum atomic E-state index is 11.6. The molecule has 0 amide bonds. The number of non-ortho nitro benzene ring substituents is 1. The van der Waals surface area contributed by atoms with Crippen LogP contribution in [0.1, 0.15) is 5.56 Å². The maximum absolute atomic E-state index is 11.6. The highest BCUT2D eigenvalue weighted by Gasteiger charge is 2.10. The topological polar surface area (TPSA) is 105 Å². The molecular formula is C15H10ClNO7. The van der Waals surface area contributed by atoms with Gasteiger partial charge in [-0.05, 0) is 29.8 Å². The van der Waals surface area contributed by atoms with Crippen molar-refractivity contribution in [2.24, 2.45) is 0 Å². The second-order valence-electron chi connectivity index (χ2n) is 4.38. The van der Waals surface area contributed by atoms with Crippen LogP contribution < -0.4 is 9.47 Å². The minimum absolute atomic E-state index is 0.00411. The van der Waals surface area contributed by atoms with Gasteiger partial charge in [0.1, 0.15) is 18.1 Å². The Labute approximate surface area is 140 Å². The van der Waals surface area contributed by atoms with E-state index < -0.39 is 16.5 Å². The summed E-state index contributed by atoms with van der Waals surface area (Å²) in [4.78, 5) is 32.1. The van der Waals surface area contributed by atoms with E-state index in [0.717, 1.165) is 0 Å². The van der Waals surface area contributed by atoms with Crippen LogP contribution in [0.15, 0.2) is 48.5 Å². The number of nitro benzene ring substituents is 1. The molecule has 0 aliphatic rings. The third kappa shape index (κ3) is 5.25. The molecular weight excluding hydrogens is 342 g/mol. The number of rotatable bonds is 5. The third-order valence-electron chi connectivity index (χ3n) is 2.73. The molecule has 0 N–H and O–H groups in total. The van der Waals surface area contributed by atoms with Crippen molar-refractivity contribution >= 4 is 28.9 Å². The van der Waals surface area contributed by atoms with Gasteiger partial charge in [0.25, 0.3) is 5.69 Å². The number of hydrogen-bond donors (Lipinski definition) is 0. The van der Waals surface area contributed by atoms with Gasteiger partial charge in [0.15, 0.2) is 0 Å². The predicted molar refractivity (Wildman–Crippen MR) is 82.2 cm³/mol. The molecule has 8 nitrogen and oxygen atoms in total. The highest BCUT2D eigenvalue weighted by Crippen LogP contribution is 2.19. The fraction of sp³-hybridized carbons (Fsp3) is 0.0667. The van der Waals surface area contributed by atoms with Crippen molar-refractivity contribution in [1.82, 2.24) is 0 Å². The monoisotopic (exact) mass is 351 g/mol. The molecule has 0 saturated heterocycles. The van der Waals surface area contributed by atoms with Crippen LogP contribution in [0.3, 0.4) is 0 Å². The van der Waals surface area contributed by atoms with Gasteiger partial charge in [0, 0.05) is 23.7 Å². The molecule has 9 heteroatoms. The molecule has 0 aliphatic heterocycles. The third-order valence-corrected chi connectivity index (χ3v) is 2.83. The van der Waals surface area contributed by atoms with Gasteiger partial charge < -0.3 is 14.2 Å². The number of carbonyl (C=O) groups is 2. The van der Waals surface area contributed by atoms with Gasteiger partial charge in [0.2, 0.25) is 0 Å². The van der Waals surface area contributed by atoms with E-state index in [9.17, 15) is 19.7 Å². The molecule has 0 atom stereocenters. The summed E-state index contributed by atoms with van der Waals surface area (Å²) < 4.78 is 14.4. The van der Waals surface area contributed by atoms with Crippen molar-refractivity contribution in [3.8, 4) is 11.5 Å². The van der Waals surface area contributed by atoms with Crippen LogP contribution in [0.25, 0.3) is 0 Å². The van der Waals surface area contributed by atoms with E-state index in [0.29, 0.717) is 5.56 Å². The van der Waals surface area contributed by atoms with Crippen LogP contribution in [0.2, 0.25) is 0 Å². The molecule has 0 saturated carbocycles. The molecule has 0 bridgehead atoms. The zero-order valence-electron chi connectivity index (χ0n) is 12.0. The van der Waals surface area contributed by atoms with Gasteiger partial charge in [0.05, 0.1) is 4.92 Å². The quantitative estimate of drug-likeness (QED) is 0.263. The van der Waals surface area contributed by atoms with Crippen molar-refractivity contribution in [1.29, 1.82) is 0 Å². The second kappa shape index (κ2) is 7.93. The van der Waals surface area contributed by atoms with Crippen LogP contribution in [-0.4, -0.2) is 16.5 Å². The molecule has 2 aromatic carbocycles.